The van der Waals surface area contributed by atoms with E-state index < -0.39 is 0 Å². The van der Waals surface area contributed by atoms with E-state index >= 15 is 0 Å². The van der Waals surface area contributed by atoms with Crippen LogP contribution in [-0.2, 0) is 9.59 Å². The van der Waals surface area contributed by atoms with Crippen molar-refractivity contribution in [2.45, 2.75) is 32.6 Å². The number of nitrogens with one attached hydrogen (secondary N) is 1. The Balaban J connectivity index is 1.69. The van der Waals surface area contributed by atoms with Crippen molar-refractivity contribution in [3.63, 3.8) is 0 Å². The van der Waals surface area contributed by atoms with E-state index in [0.29, 0.717) is 0 Å². The quantitative estimate of drug-likeness (QED) is 0.873. The van der Waals surface area contributed by atoms with E-state index in [4.69, 9.17) is 4.98 Å². The van der Waals surface area contributed by atoms with Gasteiger partial charge in [-0.1, -0.05) is 18.2 Å². The molecule has 0 radical (unpaired) electrons. The van der Waals surface area contributed by atoms with Gasteiger partial charge >= 0.3 is 0 Å². The highest BCUT2D eigenvalue weighted by Gasteiger charge is 2.16. The van der Waals surface area contributed by atoms with Crippen molar-refractivity contribution in [3.8, 4) is 0 Å². The van der Waals surface area contributed by atoms with Crippen molar-refractivity contribution in [2.75, 3.05) is 0 Å². The highest BCUT2D eigenvalue weighted by atomic mass is 32.1. The minimum atomic E-state index is -0.262. The standard InChI is InChI=1S/C18H18N2O2S/c1-11-3-8-15-16(9-11)23-18(20-15)13-4-6-14(7-5-13)19-17(22)10-12(2)21/h3-4,6-9,13H,5,10H2,1-2H3,(H,19,22). The Bertz CT molecular complexity index is 833. The van der Waals surface area contributed by atoms with E-state index in [-0.39, 0.29) is 24.0 Å². The van der Waals surface area contributed by atoms with Crippen LogP contribution < -0.4 is 5.32 Å². The zero-order valence-electron chi connectivity index (χ0n) is 13.1. The van der Waals surface area contributed by atoms with Gasteiger partial charge in [0.05, 0.1) is 16.6 Å². The Labute approximate surface area is 138 Å². The summed E-state index contributed by atoms with van der Waals surface area (Å²) in [6.07, 6.45) is 6.66. The van der Waals surface area contributed by atoms with Gasteiger partial charge in [0.2, 0.25) is 5.91 Å². The van der Waals surface area contributed by atoms with Crippen LogP contribution in [0.15, 0.2) is 42.1 Å². The zero-order chi connectivity index (χ0) is 16.4. The van der Waals surface area contributed by atoms with Crippen LogP contribution in [0.4, 0.5) is 0 Å². The number of ketones is 1. The Hall–Kier alpha value is -2.27. The third-order valence-corrected chi connectivity index (χ3v) is 4.82. The van der Waals surface area contributed by atoms with Gasteiger partial charge in [0.15, 0.2) is 0 Å². The van der Waals surface area contributed by atoms with Crippen LogP contribution in [0.25, 0.3) is 10.2 Å². The number of hydrogen-bond acceptors (Lipinski definition) is 4. The van der Waals surface area contributed by atoms with E-state index in [0.717, 1.165) is 22.6 Å². The molecule has 0 fully saturated rings. The molecule has 1 aliphatic rings. The average molecular weight is 326 g/mol. The number of carbonyl (C=O) groups is 2. The largest absolute Gasteiger partial charge is 0.326 e. The molecule has 0 spiro atoms. The first-order valence-electron chi connectivity index (χ1n) is 7.56. The second-order valence-electron chi connectivity index (χ2n) is 5.81. The van der Waals surface area contributed by atoms with Gasteiger partial charge in [-0.15, -0.1) is 11.3 Å². The number of aryl methyl sites for hydroxylation is 1. The Kier molecular flexibility index (Phi) is 4.39. The molecule has 0 bridgehead atoms. The van der Waals surface area contributed by atoms with E-state index in [1.54, 1.807) is 11.3 Å². The van der Waals surface area contributed by atoms with E-state index in [2.05, 4.69) is 36.5 Å². The molecule has 5 heteroatoms. The number of Topliss-reactive ketones (excluding diaryl/α,β-unsaturated/α-hetero) is 1. The van der Waals surface area contributed by atoms with Crippen LogP contribution in [0.1, 0.15) is 36.3 Å². The molecule has 1 atom stereocenters. The Morgan fingerprint density at radius 3 is 2.91 bits per heavy atom. The van der Waals surface area contributed by atoms with Gasteiger partial charge in [-0.05, 0) is 44.0 Å². The molecular formula is C18H18N2O2S. The SMILES string of the molecule is CC(=O)CC(=O)NC1=CCC(c2nc3ccc(C)cc3s2)C=C1. The smallest absolute Gasteiger partial charge is 0.231 e. The number of carbonyl (C=O) groups excluding carboxylic acids is 2. The number of rotatable bonds is 4. The van der Waals surface area contributed by atoms with Crippen LogP contribution >= 0.6 is 11.3 Å². The maximum absolute atomic E-state index is 11.6. The van der Waals surface area contributed by atoms with Crippen molar-refractivity contribution < 1.29 is 9.59 Å². The fourth-order valence-electron chi connectivity index (χ4n) is 2.54. The van der Waals surface area contributed by atoms with Crippen molar-refractivity contribution in [2.24, 2.45) is 0 Å². The predicted molar refractivity (Wildman–Crippen MR) is 92.4 cm³/mol. The van der Waals surface area contributed by atoms with Gasteiger partial charge in [0, 0.05) is 11.6 Å². The lowest BCUT2D eigenvalue weighted by atomic mass is 10.00. The van der Waals surface area contributed by atoms with Gasteiger partial charge < -0.3 is 5.32 Å². The van der Waals surface area contributed by atoms with Crippen LogP contribution in [0.2, 0.25) is 0 Å². The molecule has 0 saturated carbocycles. The lowest BCUT2D eigenvalue weighted by Gasteiger charge is -2.14. The third-order valence-electron chi connectivity index (χ3n) is 3.67. The summed E-state index contributed by atoms with van der Waals surface area (Å²) >= 11 is 1.72. The van der Waals surface area contributed by atoms with E-state index in [9.17, 15) is 9.59 Å². The number of nitrogens with zero attached hydrogens (tertiary/aromatic N) is 1. The summed E-state index contributed by atoms with van der Waals surface area (Å²) in [5.74, 6) is -0.158. The molecule has 1 aliphatic carbocycles. The average Bonchev–Trinajstić information content (AvgIpc) is 2.90. The fraction of sp³-hybridized carbons (Fsp3) is 0.278. The molecule has 0 saturated heterocycles. The maximum Gasteiger partial charge on any atom is 0.231 e. The second-order valence-corrected chi connectivity index (χ2v) is 6.87. The predicted octanol–water partition coefficient (Wildman–Crippen LogP) is 3.63. The molecule has 1 heterocycles. The highest BCUT2D eigenvalue weighted by Crippen LogP contribution is 2.33. The fourth-order valence-corrected chi connectivity index (χ4v) is 3.69. The molecule has 23 heavy (non-hydrogen) atoms. The summed E-state index contributed by atoms with van der Waals surface area (Å²) < 4.78 is 1.21. The molecule has 1 amide bonds. The summed E-state index contributed by atoms with van der Waals surface area (Å²) in [4.78, 5) is 27.3. The van der Waals surface area contributed by atoms with Crippen LogP contribution in [0.3, 0.4) is 0 Å². The number of aromatic nitrogens is 1. The van der Waals surface area contributed by atoms with E-state index in [1.807, 2.05) is 12.2 Å². The zero-order valence-corrected chi connectivity index (χ0v) is 13.9. The molecule has 2 aromatic rings. The molecule has 1 aromatic heterocycles. The minimum absolute atomic E-state index is 0.0776. The van der Waals surface area contributed by atoms with Crippen LogP contribution in [-0.4, -0.2) is 16.7 Å². The van der Waals surface area contributed by atoms with E-state index in [1.165, 1.54) is 17.2 Å². The topological polar surface area (TPSA) is 59.1 Å². The first-order chi connectivity index (χ1) is 11.0. The maximum atomic E-state index is 11.6. The molecule has 3 rings (SSSR count). The molecule has 118 valence electrons. The van der Waals surface area contributed by atoms with Gasteiger partial charge in [-0.25, -0.2) is 4.98 Å². The normalized spacial score (nSPS) is 17.1. The first-order valence-corrected chi connectivity index (χ1v) is 8.37. The molecule has 0 aliphatic heterocycles. The number of amides is 1. The molecule has 4 nitrogen and oxygen atoms in total. The number of fused-ring (bicyclic) bond motifs is 1. The second kappa shape index (κ2) is 6.46. The number of benzene rings is 1. The summed E-state index contributed by atoms with van der Waals surface area (Å²) in [5.41, 5.74) is 3.03. The van der Waals surface area contributed by atoms with Gasteiger partial charge in [0.1, 0.15) is 10.8 Å². The number of thiazole rings is 1. The molecule has 1 N–H and O–H groups in total. The molecule has 1 unspecified atom stereocenters. The summed E-state index contributed by atoms with van der Waals surface area (Å²) in [7, 11) is 0. The third kappa shape index (κ3) is 3.74. The molecular weight excluding hydrogens is 308 g/mol. The number of hydrogen-bond donors (Lipinski definition) is 1. The first kappa shape index (κ1) is 15.6. The number of allylic oxidation sites excluding steroid dienone is 3. The highest BCUT2D eigenvalue weighted by molar-refractivity contribution is 7.18. The van der Waals surface area contributed by atoms with Gasteiger partial charge in [-0.3, -0.25) is 9.59 Å². The monoisotopic (exact) mass is 326 g/mol. The summed E-state index contributed by atoms with van der Waals surface area (Å²) in [5, 5.41) is 3.84. The van der Waals surface area contributed by atoms with Crippen molar-refractivity contribution in [1.82, 2.24) is 10.3 Å². The van der Waals surface area contributed by atoms with Crippen molar-refractivity contribution in [3.05, 3.63) is 52.7 Å². The lowest BCUT2D eigenvalue weighted by molar-refractivity contribution is -0.126. The van der Waals surface area contributed by atoms with Crippen LogP contribution in [0, 0.1) is 6.92 Å². The van der Waals surface area contributed by atoms with Crippen molar-refractivity contribution >= 4 is 33.2 Å². The van der Waals surface area contributed by atoms with Crippen molar-refractivity contribution in [1.29, 1.82) is 0 Å². The summed E-state index contributed by atoms with van der Waals surface area (Å²) in [6, 6.07) is 6.29. The van der Waals surface area contributed by atoms with Gasteiger partial charge in [0.25, 0.3) is 0 Å². The van der Waals surface area contributed by atoms with Gasteiger partial charge in [-0.2, -0.15) is 0 Å². The Morgan fingerprint density at radius 1 is 1.39 bits per heavy atom. The lowest BCUT2D eigenvalue weighted by Crippen LogP contribution is -2.24. The molecule has 1 aromatic carbocycles. The Morgan fingerprint density at radius 2 is 2.22 bits per heavy atom. The summed E-state index contributed by atoms with van der Waals surface area (Å²) in [6.45, 7) is 3.49. The minimum Gasteiger partial charge on any atom is -0.326 e. The van der Waals surface area contributed by atoms with Crippen LogP contribution in [0.5, 0.6) is 0 Å².